The lowest BCUT2D eigenvalue weighted by atomic mass is 9.81. The number of likely N-dealkylation sites (N-methyl/N-ethyl adjacent to an activating group) is 1. The number of rotatable bonds is 12. The Morgan fingerprint density at radius 3 is 2.39 bits per heavy atom. The number of aliphatic hydroxyl groups is 1. The van der Waals surface area contributed by atoms with Crippen LogP contribution in [0.1, 0.15) is 36.0 Å². The van der Waals surface area contributed by atoms with Gasteiger partial charge in [0, 0.05) is 6.54 Å². The number of hydrogen-bond acceptors (Lipinski definition) is 5. The van der Waals surface area contributed by atoms with Crippen LogP contribution >= 0.6 is 0 Å². The summed E-state index contributed by atoms with van der Waals surface area (Å²) in [6.45, 7) is 2.58. The first-order valence-corrected chi connectivity index (χ1v) is 11.4. The van der Waals surface area contributed by atoms with Gasteiger partial charge in [0.05, 0.1) is 20.8 Å². The number of nitrogens with zero attached hydrogens (tertiary/aromatic N) is 1. The average molecular weight is 428 g/mol. The molecule has 2 aromatic rings. The van der Waals surface area contributed by atoms with Crippen LogP contribution in [0.2, 0.25) is 0 Å². The minimum absolute atomic E-state index is 0.0445. The monoisotopic (exact) mass is 427 g/mol. The van der Waals surface area contributed by atoms with E-state index in [1.165, 1.54) is 36.0 Å². The molecule has 0 saturated heterocycles. The largest absolute Gasteiger partial charge is 0.493 e. The van der Waals surface area contributed by atoms with Crippen molar-refractivity contribution in [2.45, 2.75) is 38.5 Å². The molecule has 0 radical (unpaired) electrons. The Bertz CT molecular complexity index is 806. The molecule has 1 aliphatic carbocycles. The zero-order chi connectivity index (χ0) is 22.1. The highest BCUT2D eigenvalue weighted by Crippen LogP contribution is 2.36. The smallest absolute Gasteiger partial charge is 0.161 e. The number of benzene rings is 2. The summed E-state index contributed by atoms with van der Waals surface area (Å²) in [6, 6.07) is 12.5. The molecule has 0 amide bonds. The average Bonchev–Trinajstić information content (AvgIpc) is 2.81. The Hall–Kier alpha value is -2.24. The van der Waals surface area contributed by atoms with Gasteiger partial charge in [-0.1, -0.05) is 12.1 Å². The third-order valence-corrected chi connectivity index (χ3v) is 6.25. The standard InChI is InChI=1S/C26H37NO4/c1-27(14-12-20-7-10-24(11-8-20)31-16-15-28)13-4-5-21-6-9-22-18-25(29-2)26(30-3)19-23(22)17-21/h7-8,10-11,18-19,21,28H,4-6,9,12-17H2,1-3H3. The van der Waals surface area contributed by atoms with Crippen molar-refractivity contribution in [3.63, 3.8) is 0 Å². The number of fused-ring (bicyclic) bond motifs is 1. The molecule has 1 unspecified atom stereocenters. The summed E-state index contributed by atoms with van der Waals surface area (Å²) in [7, 11) is 5.63. The van der Waals surface area contributed by atoms with Crippen molar-refractivity contribution in [2.24, 2.45) is 5.92 Å². The van der Waals surface area contributed by atoms with Crippen LogP contribution in [0.5, 0.6) is 17.2 Å². The van der Waals surface area contributed by atoms with Crippen molar-refractivity contribution in [1.29, 1.82) is 0 Å². The van der Waals surface area contributed by atoms with Gasteiger partial charge in [0.15, 0.2) is 11.5 Å². The Labute approximate surface area is 186 Å². The fourth-order valence-electron chi connectivity index (χ4n) is 4.40. The number of aryl methyl sites for hydroxylation is 1. The highest BCUT2D eigenvalue weighted by molar-refractivity contribution is 5.48. The molecular weight excluding hydrogens is 390 g/mol. The van der Waals surface area contributed by atoms with Crippen LogP contribution in [0, 0.1) is 5.92 Å². The third kappa shape index (κ3) is 6.88. The fourth-order valence-corrected chi connectivity index (χ4v) is 4.40. The molecule has 1 N–H and O–H groups in total. The minimum Gasteiger partial charge on any atom is -0.493 e. The molecule has 0 saturated carbocycles. The molecule has 1 atom stereocenters. The van der Waals surface area contributed by atoms with Crippen molar-refractivity contribution in [2.75, 3.05) is 47.6 Å². The molecule has 0 aromatic heterocycles. The summed E-state index contributed by atoms with van der Waals surface area (Å²) >= 11 is 0. The molecule has 0 heterocycles. The molecule has 2 aromatic carbocycles. The maximum absolute atomic E-state index is 8.83. The normalized spacial score (nSPS) is 15.6. The van der Waals surface area contributed by atoms with E-state index in [0.717, 1.165) is 55.5 Å². The predicted octanol–water partition coefficient (Wildman–Crippen LogP) is 4.13. The van der Waals surface area contributed by atoms with Gasteiger partial charge in [-0.2, -0.15) is 0 Å². The predicted molar refractivity (Wildman–Crippen MR) is 125 cm³/mol. The minimum atomic E-state index is 0.0445. The topological polar surface area (TPSA) is 51.2 Å². The van der Waals surface area contributed by atoms with Crippen LogP contribution in [0.15, 0.2) is 36.4 Å². The summed E-state index contributed by atoms with van der Waals surface area (Å²) < 4.78 is 16.4. The van der Waals surface area contributed by atoms with Crippen molar-refractivity contribution in [3.8, 4) is 17.2 Å². The van der Waals surface area contributed by atoms with Crippen LogP contribution in [-0.4, -0.2) is 57.6 Å². The maximum Gasteiger partial charge on any atom is 0.161 e. The Balaban J connectivity index is 1.38. The highest BCUT2D eigenvalue weighted by atomic mass is 16.5. The van der Waals surface area contributed by atoms with Crippen LogP contribution in [0.25, 0.3) is 0 Å². The molecular formula is C26H37NO4. The SMILES string of the molecule is COc1cc2c(cc1OC)CC(CCCN(C)CCc1ccc(OCCO)cc1)CC2. The maximum atomic E-state index is 8.83. The lowest BCUT2D eigenvalue weighted by Crippen LogP contribution is -2.23. The second-order valence-electron chi connectivity index (χ2n) is 8.50. The van der Waals surface area contributed by atoms with E-state index >= 15 is 0 Å². The van der Waals surface area contributed by atoms with Crippen LogP contribution in [-0.2, 0) is 19.3 Å². The van der Waals surface area contributed by atoms with E-state index in [2.05, 4.69) is 36.2 Å². The fraction of sp³-hybridized carbons (Fsp3) is 0.538. The van der Waals surface area contributed by atoms with E-state index in [4.69, 9.17) is 19.3 Å². The van der Waals surface area contributed by atoms with Crippen molar-refractivity contribution >= 4 is 0 Å². The van der Waals surface area contributed by atoms with Gasteiger partial charge in [-0.05, 0) is 99.0 Å². The van der Waals surface area contributed by atoms with Gasteiger partial charge in [-0.3, -0.25) is 0 Å². The molecule has 170 valence electrons. The van der Waals surface area contributed by atoms with E-state index in [1.54, 1.807) is 14.2 Å². The van der Waals surface area contributed by atoms with Gasteiger partial charge in [0.1, 0.15) is 12.4 Å². The zero-order valence-electron chi connectivity index (χ0n) is 19.2. The molecule has 5 nitrogen and oxygen atoms in total. The first-order chi connectivity index (χ1) is 15.1. The first kappa shape index (κ1) is 23.4. The van der Waals surface area contributed by atoms with Crippen molar-refractivity contribution in [1.82, 2.24) is 4.90 Å². The first-order valence-electron chi connectivity index (χ1n) is 11.4. The van der Waals surface area contributed by atoms with Crippen molar-refractivity contribution < 1.29 is 19.3 Å². The summed E-state index contributed by atoms with van der Waals surface area (Å²) in [5, 5.41) is 8.83. The van der Waals surface area contributed by atoms with Gasteiger partial charge in [-0.15, -0.1) is 0 Å². The number of methoxy groups -OCH3 is 2. The Morgan fingerprint density at radius 2 is 1.71 bits per heavy atom. The lowest BCUT2D eigenvalue weighted by Gasteiger charge is -2.26. The van der Waals surface area contributed by atoms with E-state index in [1.807, 2.05) is 12.1 Å². The van der Waals surface area contributed by atoms with Crippen LogP contribution < -0.4 is 14.2 Å². The quantitative estimate of drug-likeness (QED) is 0.552. The van der Waals surface area contributed by atoms with Gasteiger partial charge in [0.25, 0.3) is 0 Å². The van der Waals surface area contributed by atoms with Gasteiger partial charge in [-0.25, -0.2) is 0 Å². The number of ether oxygens (including phenoxy) is 3. The Kier molecular flexibility index (Phi) is 9.04. The summed E-state index contributed by atoms with van der Waals surface area (Å²) in [6.07, 6.45) is 7.08. The Morgan fingerprint density at radius 1 is 1.00 bits per heavy atom. The number of hydrogen-bond donors (Lipinski definition) is 1. The molecule has 0 aliphatic heterocycles. The van der Waals surface area contributed by atoms with Gasteiger partial charge >= 0.3 is 0 Å². The number of aliphatic hydroxyl groups excluding tert-OH is 1. The second kappa shape index (κ2) is 12.0. The second-order valence-corrected chi connectivity index (χ2v) is 8.50. The zero-order valence-corrected chi connectivity index (χ0v) is 19.2. The summed E-state index contributed by atoms with van der Waals surface area (Å²) in [5.74, 6) is 3.25. The van der Waals surface area contributed by atoms with Gasteiger partial charge < -0.3 is 24.2 Å². The highest BCUT2D eigenvalue weighted by Gasteiger charge is 2.21. The molecule has 5 heteroatoms. The van der Waals surface area contributed by atoms with E-state index in [-0.39, 0.29) is 6.61 Å². The molecule has 0 spiro atoms. The van der Waals surface area contributed by atoms with Crippen LogP contribution in [0.4, 0.5) is 0 Å². The van der Waals surface area contributed by atoms with E-state index in [9.17, 15) is 0 Å². The molecule has 31 heavy (non-hydrogen) atoms. The molecule has 3 rings (SSSR count). The lowest BCUT2D eigenvalue weighted by molar-refractivity contribution is 0.201. The van der Waals surface area contributed by atoms with Crippen molar-refractivity contribution in [3.05, 3.63) is 53.1 Å². The molecule has 1 aliphatic rings. The summed E-state index contributed by atoms with van der Waals surface area (Å²) in [4.78, 5) is 2.43. The molecule has 0 bridgehead atoms. The third-order valence-electron chi connectivity index (χ3n) is 6.25. The molecule has 0 fully saturated rings. The summed E-state index contributed by atoms with van der Waals surface area (Å²) in [5.41, 5.74) is 4.16. The van der Waals surface area contributed by atoms with Crippen LogP contribution in [0.3, 0.4) is 0 Å². The van der Waals surface area contributed by atoms with Gasteiger partial charge in [0.2, 0.25) is 0 Å². The van der Waals surface area contributed by atoms with E-state index < -0.39 is 0 Å². The van der Waals surface area contributed by atoms with E-state index in [0.29, 0.717) is 6.61 Å².